The van der Waals surface area contributed by atoms with E-state index in [0.29, 0.717) is 5.52 Å². The average molecular weight is 379 g/mol. The molecule has 3 N–H and O–H groups in total. The number of nitriles is 1. The highest BCUT2D eigenvalue weighted by Gasteiger charge is 2.37. The minimum atomic E-state index is -0.966. The molecule has 1 aromatic carbocycles. The quantitative estimate of drug-likeness (QED) is 0.792. The fraction of sp³-hybridized carbons (Fsp3) is 0.286. The minimum Gasteiger partial charge on any atom is -0.463 e. The lowest BCUT2D eigenvalue weighted by molar-refractivity contribution is -0.139. The monoisotopic (exact) mass is 379 g/mol. The van der Waals surface area contributed by atoms with Crippen LogP contribution >= 0.6 is 0 Å². The van der Waals surface area contributed by atoms with E-state index >= 15 is 0 Å². The number of rotatable bonds is 3. The van der Waals surface area contributed by atoms with E-state index in [1.807, 2.05) is 32.0 Å². The Bertz CT molecular complexity index is 1150. The number of carbonyl (C=O) groups is 1. The second-order valence-corrected chi connectivity index (χ2v) is 6.71. The van der Waals surface area contributed by atoms with Crippen LogP contribution in [-0.2, 0) is 14.3 Å². The first-order chi connectivity index (χ1) is 13.3. The molecule has 0 radical (unpaired) electrons. The van der Waals surface area contributed by atoms with Gasteiger partial charge in [0.15, 0.2) is 0 Å². The molecule has 0 amide bonds. The molecule has 1 atom stereocenters. The summed E-state index contributed by atoms with van der Waals surface area (Å²) in [7, 11) is 0. The van der Waals surface area contributed by atoms with Crippen molar-refractivity contribution in [2.75, 3.05) is 6.61 Å². The van der Waals surface area contributed by atoms with E-state index in [2.05, 4.69) is 4.98 Å². The summed E-state index contributed by atoms with van der Waals surface area (Å²) in [4.78, 5) is 28.4. The van der Waals surface area contributed by atoms with Gasteiger partial charge in [0.05, 0.1) is 23.6 Å². The first-order valence-electron chi connectivity index (χ1n) is 8.88. The summed E-state index contributed by atoms with van der Waals surface area (Å²) in [6.07, 6.45) is 0. The van der Waals surface area contributed by atoms with Crippen molar-refractivity contribution < 1.29 is 14.3 Å². The van der Waals surface area contributed by atoms with Crippen LogP contribution in [-0.4, -0.2) is 17.6 Å². The number of hydrogen-bond acceptors (Lipinski definition) is 6. The van der Waals surface area contributed by atoms with Crippen molar-refractivity contribution in [3.8, 4) is 6.07 Å². The van der Waals surface area contributed by atoms with Gasteiger partial charge in [-0.05, 0) is 50.8 Å². The highest BCUT2D eigenvalue weighted by atomic mass is 16.5. The molecule has 2 aromatic rings. The molecule has 0 fully saturated rings. The van der Waals surface area contributed by atoms with E-state index in [-0.39, 0.29) is 35.0 Å². The Kier molecular flexibility index (Phi) is 4.97. The van der Waals surface area contributed by atoms with E-state index in [0.717, 1.165) is 16.5 Å². The molecule has 0 bridgehead atoms. The van der Waals surface area contributed by atoms with Crippen LogP contribution in [0.25, 0.3) is 10.9 Å². The van der Waals surface area contributed by atoms with Crippen LogP contribution < -0.4 is 11.3 Å². The number of fused-ring (bicyclic) bond motifs is 1. The van der Waals surface area contributed by atoms with Crippen LogP contribution in [0.5, 0.6) is 0 Å². The van der Waals surface area contributed by atoms with Crippen LogP contribution in [0, 0.1) is 25.2 Å². The topological polar surface area (TPSA) is 118 Å². The molecular formula is C21H21N3O4. The SMILES string of the molecule is CCOC(=O)C1=C(C)OC(N)=C(C#N)C1c1cc2cc(C)cc(C)c2[nH]c1=O. The van der Waals surface area contributed by atoms with Crippen molar-refractivity contribution in [3.05, 3.63) is 68.0 Å². The third kappa shape index (κ3) is 3.14. The second kappa shape index (κ2) is 7.24. The van der Waals surface area contributed by atoms with Gasteiger partial charge in [-0.25, -0.2) is 4.79 Å². The lowest BCUT2D eigenvalue weighted by atomic mass is 9.83. The van der Waals surface area contributed by atoms with Gasteiger partial charge in [0.1, 0.15) is 17.4 Å². The summed E-state index contributed by atoms with van der Waals surface area (Å²) in [6.45, 7) is 7.25. The first-order valence-corrected chi connectivity index (χ1v) is 8.88. The van der Waals surface area contributed by atoms with Crippen LogP contribution in [0.3, 0.4) is 0 Å². The van der Waals surface area contributed by atoms with Crippen molar-refractivity contribution in [1.82, 2.24) is 4.98 Å². The van der Waals surface area contributed by atoms with Gasteiger partial charge < -0.3 is 20.2 Å². The fourth-order valence-electron chi connectivity index (χ4n) is 3.58. The van der Waals surface area contributed by atoms with Gasteiger partial charge in [0, 0.05) is 5.56 Å². The van der Waals surface area contributed by atoms with E-state index in [1.54, 1.807) is 19.9 Å². The predicted octanol–water partition coefficient (Wildman–Crippen LogP) is 2.79. The summed E-state index contributed by atoms with van der Waals surface area (Å²) < 4.78 is 10.5. The third-order valence-electron chi connectivity index (χ3n) is 4.73. The zero-order valence-corrected chi connectivity index (χ0v) is 16.2. The van der Waals surface area contributed by atoms with Crippen molar-refractivity contribution >= 4 is 16.9 Å². The molecule has 28 heavy (non-hydrogen) atoms. The highest BCUT2D eigenvalue weighted by molar-refractivity contribution is 5.93. The standard InChI is InChI=1S/C21H21N3O4/c1-5-27-21(26)16-12(4)28-19(23)15(9-22)17(16)14-8-13-7-10(2)6-11(3)18(13)24-20(14)25/h6-8,17H,5,23H2,1-4H3,(H,24,25). The molecule has 0 spiro atoms. The normalized spacial score (nSPS) is 16.8. The zero-order chi connectivity index (χ0) is 20.6. The lowest BCUT2D eigenvalue weighted by Gasteiger charge is -2.26. The molecule has 1 aliphatic heterocycles. The number of ether oxygens (including phenoxy) is 2. The maximum Gasteiger partial charge on any atom is 0.338 e. The number of aryl methyl sites for hydroxylation is 2. The number of nitrogens with zero attached hydrogens (tertiary/aromatic N) is 1. The number of aromatic amines is 1. The summed E-state index contributed by atoms with van der Waals surface area (Å²) in [5.74, 6) is -1.53. The molecule has 1 aliphatic rings. The van der Waals surface area contributed by atoms with Crippen molar-refractivity contribution in [2.24, 2.45) is 5.73 Å². The number of carbonyl (C=O) groups excluding carboxylic acids is 1. The number of aromatic nitrogens is 1. The third-order valence-corrected chi connectivity index (χ3v) is 4.73. The number of nitrogens with one attached hydrogen (secondary N) is 1. The molecule has 0 saturated carbocycles. The number of nitrogens with two attached hydrogens (primary N) is 1. The Morgan fingerprint density at radius 3 is 2.68 bits per heavy atom. The first kappa shape index (κ1) is 19.2. The van der Waals surface area contributed by atoms with Crippen LogP contribution in [0.15, 0.2) is 45.8 Å². The Balaban J connectivity index is 2.32. The average Bonchev–Trinajstić information content (AvgIpc) is 2.61. The number of esters is 1. The molecular weight excluding hydrogens is 358 g/mol. The van der Waals surface area contributed by atoms with E-state index in [4.69, 9.17) is 15.2 Å². The molecule has 0 saturated heterocycles. The fourth-order valence-corrected chi connectivity index (χ4v) is 3.58. The van der Waals surface area contributed by atoms with Crippen LogP contribution in [0.2, 0.25) is 0 Å². The van der Waals surface area contributed by atoms with Crippen molar-refractivity contribution in [2.45, 2.75) is 33.6 Å². The molecule has 144 valence electrons. The Morgan fingerprint density at radius 1 is 1.32 bits per heavy atom. The molecule has 3 rings (SSSR count). The van der Waals surface area contributed by atoms with Gasteiger partial charge in [0.25, 0.3) is 5.56 Å². The van der Waals surface area contributed by atoms with Gasteiger partial charge in [-0.15, -0.1) is 0 Å². The van der Waals surface area contributed by atoms with Crippen LogP contribution in [0.1, 0.15) is 36.5 Å². The molecule has 0 aliphatic carbocycles. The maximum absolute atomic E-state index is 12.9. The number of H-pyrrole nitrogens is 1. The molecule has 7 nitrogen and oxygen atoms in total. The van der Waals surface area contributed by atoms with Crippen LogP contribution in [0.4, 0.5) is 0 Å². The van der Waals surface area contributed by atoms with Gasteiger partial charge >= 0.3 is 5.97 Å². The predicted molar refractivity (Wildman–Crippen MR) is 104 cm³/mol. The Morgan fingerprint density at radius 2 is 2.04 bits per heavy atom. The van der Waals surface area contributed by atoms with Gasteiger partial charge in [0.2, 0.25) is 5.88 Å². The second-order valence-electron chi connectivity index (χ2n) is 6.71. The lowest BCUT2D eigenvalue weighted by Crippen LogP contribution is -2.29. The summed E-state index contributed by atoms with van der Waals surface area (Å²) in [6, 6.07) is 7.58. The van der Waals surface area contributed by atoms with E-state index in [9.17, 15) is 14.9 Å². The van der Waals surface area contributed by atoms with Crippen molar-refractivity contribution in [3.63, 3.8) is 0 Å². The van der Waals surface area contributed by atoms with E-state index in [1.165, 1.54) is 0 Å². The summed E-state index contributed by atoms with van der Waals surface area (Å²) in [5.41, 5.74) is 8.50. The summed E-state index contributed by atoms with van der Waals surface area (Å²) >= 11 is 0. The number of hydrogen-bond donors (Lipinski definition) is 2. The van der Waals surface area contributed by atoms with Gasteiger partial charge in [-0.3, -0.25) is 4.79 Å². The minimum absolute atomic E-state index is 0.00266. The Hall–Kier alpha value is -3.53. The molecule has 1 unspecified atom stereocenters. The number of allylic oxidation sites excluding steroid dienone is 2. The Labute approximate surface area is 162 Å². The highest BCUT2D eigenvalue weighted by Crippen LogP contribution is 2.39. The summed E-state index contributed by atoms with van der Waals surface area (Å²) in [5, 5.41) is 10.4. The number of benzene rings is 1. The van der Waals surface area contributed by atoms with Gasteiger partial charge in [-0.1, -0.05) is 11.6 Å². The van der Waals surface area contributed by atoms with Crippen molar-refractivity contribution in [1.29, 1.82) is 5.26 Å². The maximum atomic E-state index is 12.9. The zero-order valence-electron chi connectivity index (χ0n) is 16.2. The molecule has 2 heterocycles. The van der Waals surface area contributed by atoms with Gasteiger partial charge in [-0.2, -0.15) is 5.26 Å². The largest absolute Gasteiger partial charge is 0.463 e. The van der Waals surface area contributed by atoms with E-state index < -0.39 is 17.4 Å². The molecule has 1 aromatic heterocycles. The smallest absolute Gasteiger partial charge is 0.338 e. The molecule has 7 heteroatoms. The number of pyridine rings is 1.